The number of fused-ring (bicyclic) bond motifs is 5. The first kappa shape index (κ1) is 26.5. The number of ether oxygens (including phenoxy) is 2. The summed E-state index contributed by atoms with van der Waals surface area (Å²) in [6.07, 6.45) is 3.35. The topological polar surface area (TPSA) is 83.0 Å². The maximum atomic E-state index is 15.1. The van der Waals surface area contributed by atoms with Crippen molar-refractivity contribution in [1.29, 1.82) is 0 Å². The third-order valence-electron chi connectivity index (χ3n) is 9.97. The summed E-state index contributed by atoms with van der Waals surface area (Å²) < 4.78 is 56.4. The highest BCUT2D eigenvalue weighted by Gasteiger charge is 2.49. The van der Waals surface area contributed by atoms with Crippen molar-refractivity contribution in [3.05, 3.63) is 52.7 Å². The molecular weight excluding hydrogens is 547 g/mol. The highest BCUT2D eigenvalue weighted by atomic mass is 19.2. The Hall–Kier alpha value is -3.15. The van der Waals surface area contributed by atoms with E-state index in [1.807, 2.05) is 0 Å². The highest BCUT2D eigenvalue weighted by Crippen LogP contribution is 2.42. The molecule has 2 N–H and O–H groups in total. The zero-order chi connectivity index (χ0) is 28.6. The summed E-state index contributed by atoms with van der Waals surface area (Å²) in [6.45, 7) is 3.44. The van der Waals surface area contributed by atoms with Crippen molar-refractivity contribution in [3.63, 3.8) is 0 Å². The number of phenolic OH excluding ortho intramolecular Hbond substituents is 1. The van der Waals surface area contributed by atoms with Crippen LogP contribution in [0.5, 0.6) is 11.8 Å². The van der Waals surface area contributed by atoms with Crippen LogP contribution in [0.1, 0.15) is 55.0 Å². The minimum absolute atomic E-state index is 0.0512. The summed E-state index contributed by atoms with van der Waals surface area (Å²) in [5.74, 6) is -1.20. The lowest BCUT2D eigenvalue weighted by Gasteiger charge is -2.37. The second-order valence-electron chi connectivity index (χ2n) is 12.7. The number of aromatic hydroxyl groups is 1. The first-order valence-corrected chi connectivity index (χ1v) is 15.0. The lowest BCUT2D eigenvalue weighted by molar-refractivity contribution is 0.0260. The number of nitrogens with zero attached hydrogens (tertiary/aromatic N) is 4. The molecule has 5 aliphatic heterocycles. The number of rotatable bonds is 5. The molecule has 42 heavy (non-hydrogen) atoms. The van der Waals surface area contributed by atoms with Crippen LogP contribution >= 0.6 is 0 Å². The Morgan fingerprint density at radius 2 is 1.95 bits per heavy atom. The van der Waals surface area contributed by atoms with E-state index in [-0.39, 0.29) is 35.7 Å². The van der Waals surface area contributed by atoms with Crippen LogP contribution in [0.3, 0.4) is 0 Å². The molecule has 4 saturated heterocycles. The quantitative estimate of drug-likeness (QED) is 0.461. The third kappa shape index (κ3) is 4.39. The Labute approximate surface area is 241 Å². The van der Waals surface area contributed by atoms with Crippen LogP contribution in [0, 0.1) is 11.6 Å². The SMILES string of the molecule is Oc1cc(C2Cc3nc(OCC45CCCN4CC(F)C5)nc(N4CC5CCC(C4)N5)c3CO2)c2c(F)c(F)ccc2c1. The third-order valence-corrected chi connectivity index (χ3v) is 9.97. The Morgan fingerprint density at radius 1 is 1.12 bits per heavy atom. The Bertz CT molecular complexity index is 1550. The molecule has 2 bridgehead atoms. The fraction of sp³-hybridized carbons (Fsp3) is 0.548. The number of phenols is 1. The number of hydrogen-bond donors (Lipinski definition) is 2. The molecule has 4 fully saturated rings. The fourth-order valence-electron chi connectivity index (χ4n) is 8.04. The summed E-state index contributed by atoms with van der Waals surface area (Å²) in [5.41, 5.74) is 1.62. The largest absolute Gasteiger partial charge is 0.508 e. The van der Waals surface area contributed by atoms with Gasteiger partial charge in [-0.3, -0.25) is 4.90 Å². The minimum Gasteiger partial charge on any atom is -0.508 e. The average Bonchev–Trinajstić information content (AvgIpc) is 3.63. The first-order valence-electron chi connectivity index (χ1n) is 15.0. The van der Waals surface area contributed by atoms with Crippen LogP contribution in [0.25, 0.3) is 10.8 Å². The molecular formula is C31H34F3N5O3. The number of halogens is 3. The van der Waals surface area contributed by atoms with Gasteiger partial charge in [-0.2, -0.15) is 9.97 Å². The zero-order valence-corrected chi connectivity index (χ0v) is 23.3. The van der Waals surface area contributed by atoms with Crippen molar-refractivity contribution < 1.29 is 27.8 Å². The molecule has 8 rings (SSSR count). The number of aromatic nitrogens is 2. The van der Waals surface area contributed by atoms with Gasteiger partial charge in [0.05, 0.1) is 23.9 Å². The van der Waals surface area contributed by atoms with Crippen LogP contribution < -0.4 is 15.0 Å². The second kappa shape index (κ2) is 9.96. The van der Waals surface area contributed by atoms with Gasteiger partial charge in [-0.1, -0.05) is 6.07 Å². The minimum atomic E-state index is -0.969. The average molecular weight is 582 g/mol. The Balaban J connectivity index is 1.16. The molecule has 2 aromatic carbocycles. The number of alkyl halides is 1. The zero-order valence-electron chi connectivity index (χ0n) is 23.3. The molecule has 0 spiro atoms. The number of piperazine rings is 1. The molecule has 1 aromatic heterocycles. The van der Waals surface area contributed by atoms with Crippen molar-refractivity contribution in [3.8, 4) is 11.8 Å². The summed E-state index contributed by atoms with van der Waals surface area (Å²) in [4.78, 5) is 14.2. The highest BCUT2D eigenvalue weighted by molar-refractivity contribution is 5.88. The van der Waals surface area contributed by atoms with E-state index >= 15 is 4.39 Å². The van der Waals surface area contributed by atoms with Crippen LogP contribution in [0.15, 0.2) is 24.3 Å². The van der Waals surface area contributed by atoms with Crippen LogP contribution in [-0.2, 0) is 17.8 Å². The molecule has 6 heterocycles. The summed E-state index contributed by atoms with van der Waals surface area (Å²) in [7, 11) is 0. The van der Waals surface area contributed by atoms with Crippen LogP contribution in [-0.4, -0.2) is 76.6 Å². The van der Waals surface area contributed by atoms with E-state index in [0.29, 0.717) is 42.6 Å². The summed E-state index contributed by atoms with van der Waals surface area (Å²) in [5, 5.41) is 14.6. The first-order chi connectivity index (χ1) is 20.3. The Kier molecular flexibility index (Phi) is 6.28. The van der Waals surface area contributed by atoms with Gasteiger partial charge in [0.1, 0.15) is 24.3 Å². The number of benzene rings is 2. The van der Waals surface area contributed by atoms with E-state index in [9.17, 15) is 13.9 Å². The standard InChI is InChI=1S/C31H34F3N5O3/c32-18-11-31(6-1-7-39(31)12-18)16-42-30-36-25-10-26(22-9-21(40)8-17-2-5-24(33)28(34)27(17)22)41-15-23(25)29(37-30)38-13-19-3-4-20(14-38)35-19/h2,5,8-9,18-20,26,35,40H,1,3-4,6-7,10-16H2. The van der Waals surface area contributed by atoms with E-state index in [2.05, 4.69) is 15.1 Å². The molecule has 0 amide bonds. The van der Waals surface area contributed by atoms with Crippen molar-refractivity contribution in [2.45, 2.75) is 75.0 Å². The Morgan fingerprint density at radius 3 is 2.79 bits per heavy atom. The summed E-state index contributed by atoms with van der Waals surface area (Å²) in [6, 6.07) is 6.39. The predicted octanol–water partition coefficient (Wildman–Crippen LogP) is 4.32. The van der Waals surface area contributed by atoms with E-state index < -0.39 is 23.9 Å². The van der Waals surface area contributed by atoms with E-state index in [1.54, 1.807) is 0 Å². The molecule has 5 unspecified atom stereocenters. The van der Waals surface area contributed by atoms with Crippen molar-refractivity contribution in [2.75, 3.05) is 37.7 Å². The predicted molar refractivity (Wildman–Crippen MR) is 149 cm³/mol. The van der Waals surface area contributed by atoms with Crippen LogP contribution in [0.2, 0.25) is 0 Å². The molecule has 0 radical (unpaired) electrons. The van der Waals surface area contributed by atoms with Gasteiger partial charge < -0.3 is 24.8 Å². The van der Waals surface area contributed by atoms with Gasteiger partial charge in [-0.25, -0.2) is 13.2 Å². The number of hydrogen-bond acceptors (Lipinski definition) is 8. The fourth-order valence-corrected chi connectivity index (χ4v) is 8.04. The second-order valence-corrected chi connectivity index (χ2v) is 12.7. The number of anilines is 1. The van der Waals surface area contributed by atoms with Crippen molar-refractivity contribution in [2.24, 2.45) is 0 Å². The van der Waals surface area contributed by atoms with Gasteiger partial charge >= 0.3 is 6.01 Å². The molecule has 8 nitrogen and oxygen atoms in total. The van der Waals surface area contributed by atoms with Crippen molar-refractivity contribution >= 4 is 16.6 Å². The van der Waals surface area contributed by atoms with Crippen molar-refractivity contribution in [1.82, 2.24) is 20.2 Å². The molecule has 3 aromatic rings. The normalized spacial score (nSPS) is 30.6. The van der Waals surface area contributed by atoms with Gasteiger partial charge in [-0.15, -0.1) is 0 Å². The van der Waals surface area contributed by atoms with Crippen LogP contribution in [0.4, 0.5) is 19.0 Å². The molecule has 0 aliphatic carbocycles. The molecule has 0 saturated carbocycles. The summed E-state index contributed by atoms with van der Waals surface area (Å²) >= 11 is 0. The van der Waals surface area contributed by atoms with Gasteiger partial charge in [-0.05, 0) is 61.4 Å². The lowest BCUT2D eigenvalue weighted by atomic mass is 9.93. The van der Waals surface area contributed by atoms with E-state index in [0.717, 1.165) is 68.5 Å². The molecule has 5 atom stereocenters. The molecule has 222 valence electrons. The molecule has 5 aliphatic rings. The number of nitrogens with one attached hydrogen (secondary N) is 1. The van der Waals surface area contributed by atoms with E-state index in [1.165, 1.54) is 18.2 Å². The van der Waals surface area contributed by atoms with Gasteiger partial charge in [0.15, 0.2) is 11.6 Å². The maximum absolute atomic E-state index is 15.1. The monoisotopic (exact) mass is 581 g/mol. The van der Waals surface area contributed by atoms with E-state index in [4.69, 9.17) is 19.4 Å². The lowest BCUT2D eigenvalue weighted by Crippen LogP contribution is -2.52. The molecule has 11 heteroatoms. The van der Waals surface area contributed by atoms with Gasteiger partial charge in [0, 0.05) is 55.5 Å². The van der Waals surface area contributed by atoms with Gasteiger partial charge in [0.2, 0.25) is 0 Å². The smallest absolute Gasteiger partial charge is 0.318 e. The van der Waals surface area contributed by atoms with Gasteiger partial charge in [0.25, 0.3) is 0 Å². The maximum Gasteiger partial charge on any atom is 0.318 e.